The largest absolute Gasteiger partial charge is 0.502 e. The number of cyclic esters (lactones) is 1. The monoisotopic (exact) mass is 552 g/mol. The molecule has 3 heterocycles. The van der Waals surface area contributed by atoms with E-state index in [9.17, 15) is 19.5 Å². The van der Waals surface area contributed by atoms with Gasteiger partial charge in [0.1, 0.15) is 5.71 Å². The average molecular weight is 553 g/mol. The Morgan fingerprint density at radius 1 is 0.975 bits per heavy atom. The molecule has 12 heteroatoms. The lowest BCUT2D eigenvalue weighted by Gasteiger charge is -2.37. The lowest BCUT2D eigenvalue weighted by atomic mass is 9.65. The van der Waals surface area contributed by atoms with Crippen molar-refractivity contribution in [2.75, 3.05) is 47.9 Å². The second kappa shape index (κ2) is 10.0. The zero-order valence-electron chi connectivity index (χ0n) is 22.2. The van der Waals surface area contributed by atoms with E-state index in [-0.39, 0.29) is 61.8 Å². The number of amides is 2. The van der Waals surface area contributed by atoms with Crippen LogP contribution < -0.4 is 18.9 Å². The molecule has 2 amide bonds. The molecule has 0 spiro atoms. The number of nitrogens with zero attached hydrogens (tertiary/aromatic N) is 2. The molecule has 4 atom stereocenters. The van der Waals surface area contributed by atoms with Crippen LogP contribution in [0.15, 0.2) is 29.3 Å². The van der Waals surface area contributed by atoms with Gasteiger partial charge in [0.25, 0.3) is 5.91 Å². The molecule has 1 aliphatic carbocycles. The number of carbonyl (C=O) groups excluding carboxylic acids is 3. The first-order chi connectivity index (χ1) is 19.4. The standard InChI is InChI=1S/C28H28N2O10/c1-35-5-4-30-22(31)10-17(27(30)33)29-25-15-9-19-18(39-12-40-19)8-14(15)23(24-16(25)11-38-28(24)34)13-6-20(36-2)26(32)21(7-13)37-3/h6-9,16,23-25,32H,4-5,10-12H2,1-3H3/t16-,23+,24-,25+/m0/s1. The first-order valence-electron chi connectivity index (χ1n) is 12.8. The number of carbonyl (C=O) groups is 3. The Balaban J connectivity index is 1.51. The summed E-state index contributed by atoms with van der Waals surface area (Å²) < 4.78 is 32.7. The van der Waals surface area contributed by atoms with Gasteiger partial charge in [0, 0.05) is 18.9 Å². The van der Waals surface area contributed by atoms with Gasteiger partial charge in [-0.25, -0.2) is 0 Å². The van der Waals surface area contributed by atoms with Crippen molar-refractivity contribution >= 4 is 23.5 Å². The molecule has 0 radical (unpaired) electrons. The van der Waals surface area contributed by atoms with Gasteiger partial charge in [0.2, 0.25) is 18.4 Å². The number of aliphatic imine (C=N–C) groups is 1. The molecule has 2 aromatic rings. The molecule has 0 bridgehead atoms. The van der Waals surface area contributed by atoms with E-state index in [1.165, 1.54) is 21.3 Å². The van der Waals surface area contributed by atoms with Crippen LogP contribution in [0.3, 0.4) is 0 Å². The number of ether oxygens (including phenoxy) is 6. The SMILES string of the molecule is COCCN1C(=O)CC(=N[C@@H]2c3cc4c(cc3[C@@H](c3cc(OC)c(O)c(OC)c3)[C@H]3C(=O)OC[C@@H]32)OCO4)C1=O. The number of rotatable bonds is 7. The minimum absolute atomic E-state index is 0.0410. The van der Waals surface area contributed by atoms with Gasteiger partial charge >= 0.3 is 5.97 Å². The van der Waals surface area contributed by atoms with Gasteiger partial charge in [-0.3, -0.25) is 24.3 Å². The first kappa shape index (κ1) is 25.9. The lowest BCUT2D eigenvalue weighted by Crippen LogP contribution is -2.36. The van der Waals surface area contributed by atoms with E-state index in [1.54, 1.807) is 12.1 Å². The number of likely N-dealkylation sites (tertiary alicyclic amines) is 1. The highest BCUT2D eigenvalue weighted by atomic mass is 16.7. The number of benzene rings is 2. The summed E-state index contributed by atoms with van der Waals surface area (Å²) >= 11 is 0. The number of phenols is 1. The highest BCUT2D eigenvalue weighted by Gasteiger charge is 2.53. The number of methoxy groups -OCH3 is 3. The van der Waals surface area contributed by atoms with Crippen LogP contribution >= 0.6 is 0 Å². The molecular weight excluding hydrogens is 524 g/mol. The summed E-state index contributed by atoms with van der Waals surface area (Å²) in [6, 6.07) is 6.30. The highest BCUT2D eigenvalue weighted by Crippen LogP contribution is 2.56. The predicted molar refractivity (Wildman–Crippen MR) is 137 cm³/mol. The van der Waals surface area contributed by atoms with E-state index in [2.05, 4.69) is 0 Å². The molecule has 0 unspecified atom stereocenters. The second-order valence-electron chi connectivity index (χ2n) is 9.95. The van der Waals surface area contributed by atoms with E-state index in [0.717, 1.165) is 16.0 Å². The summed E-state index contributed by atoms with van der Waals surface area (Å²) in [5.74, 6) is -1.65. The van der Waals surface area contributed by atoms with Crippen LogP contribution in [0.4, 0.5) is 0 Å². The summed E-state index contributed by atoms with van der Waals surface area (Å²) in [5, 5.41) is 10.5. The van der Waals surface area contributed by atoms with Crippen molar-refractivity contribution in [1.29, 1.82) is 0 Å². The molecule has 12 nitrogen and oxygen atoms in total. The van der Waals surface area contributed by atoms with E-state index < -0.39 is 35.7 Å². The predicted octanol–water partition coefficient (Wildman–Crippen LogP) is 1.96. The third kappa shape index (κ3) is 4.01. The Morgan fingerprint density at radius 3 is 2.30 bits per heavy atom. The molecule has 40 heavy (non-hydrogen) atoms. The molecule has 2 aromatic carbocycles. The quantitative estimate of drug-likeness (QED) is 0.400. The minimum atomic E-state index is -0.682. The van der Waals surface area contributed by atoms with Gasteiger partial charge in [0.15, 0.2) is 23.0 Å². The van der Waals surface area contributed by atoms with Crippen molar-refractivity contribution in [2.45, 2.75) is 18.4 Å². The summed E-state index contributed by atoms with van der Waals surface area (Å²) in [4.78, 5) is 45.0. The van der Waals surface area contributed by atoms with Crippen LogP contribution in [0.5, 0.6) is 28.7 Å². The lowest BCUT2D eigenvalue weighted by molar-refractivity contribution is -0.142. The summed E-state index contributed by atoms with van der Waals surface area (Å²) in [6.07, 6.45) is -0.138. The van der Waals surface area contributed by atoms with Crippen LogP contribution in [0.1, 0.15) is 35.1 Å². The fraction of sp³-hybridized carbons (Fsp3) is 0.429. The topological polar surface area (TPSA) is 142 Å². The Labute approximate surface area is 229 Å². The van der Waals surface area contributed by atoms with Gasteiger partial charge in [-0.15, -0.1) is 0 Å². The maximum atomic E-state index is 13.3. The molecular formula is C28H28N2O10. The zero-order chi connectivity index (χ0) is 28.1. The molecule has 2 fully saturated rings. The van der Waals surface area contributed by atoms with Crippen LogP contribution in [0, 0.1) is 11.8 Å². The minimum Gasteiger partial charge on any atom is -0.502 e. The third-order valence-electron chi connectivity index (χ3n) is 7.94. The van der Waals surface area contributed by atoms with Gasteiger partial charge in [-0.2, -0.15) is 0 Å². The van der Waals surface area contributed by atoms with Crippen molar-refractivity contribution in [2.24, 2.45) is 16.8 Å². The fourth-order valence-electron chi connectivity index (χ4n) is 6.05. The molecule has 2 saturated heterocycles. The Bertz CT molecular complexity index is 1410. The number of fused-ring (bicyclic) bond motifs is 3. The van der Waals surface area contributed by atoms with Crippen molar-refractivity contribution in [3.05, 3.63) is 41.0 Å². The number of esters is 1. The van der Waals surface area contributed by atoms with Crippen LogP contribution in [-0.4, -0.2) is 81.4 Å². The summed E-state index contributed by atoms with van der Waals surface area (Å²) in [7, 11) is 4.36. The molecule has 1 N–H and O–H groups in total. The smallest absolute Gasteiger partial charge is 0.310 e. The van der Waals surface area contributed by atoms with E-state index in [4.69, 9.17) is 33.4 Å². The Morgan fingerprint density at radius 2 is 1.65 bits per heavy atom. The van der Waals surface area contributed by atoms with E-state index >= 15 is 0 Å². The van der Waals surface area contributed by atoms with Gasteiger partial charge < -0.3 is 33.5 Å². The van der Waals surface area contributed by atoms with Crippen molar-refractivity contribution in [1.82, 2.24) is 4.90 Å². The van der Waals surface area contributed by atoms with Crippen LogP contribution in [0.2, 0.25) is 0 Å². The van der Waals surface area contributed by atoms with Crippen molar-refractivity contribution < 1.29 is 47.9 Å². The molecule has 0 aromatic heterocycles. The van der Waals surface area contributed by atoms with Crippen LogP contribution in [-0.2, 0) is 23.9 Å². The van der Waals surface area contributed by atoms with Gasteiger partial charge in [0.05, 0.1) is 52.4 Å². The van der Waals surface area contributed by atoms with Crippen molar-refractivity contribution in [3.63, 3.8) is 0 Å². The summed E-state index contributed by atoms with van der Waals surface area (Å²) in [5.41, 5.74) is 2.23. The number of imide groups is 1. The second-order valence-corrected chi connectivity index (χ2v) is 9.95. The first-order valence-corrected chi connectivity index (χ1v) is 12.8. The maximum absolute atomic E-state index is 13.3. The molecule has 210 valence electrons. The third-order valence-corrected chi connectivity index (χ3v) is 7.94. The number of phenolic OH excluding ortho intramolecular Hbond substituents is 1. The van der Waals surface area contributed by atoms with E-state index in [0.29, 0.717) is 17.1 Å². The normalized spacial score (nSPS) is 25.7. The van der Waals surface area contributed by atoms with Gasteiger partial charge in [-0.1, -0.05) is 0 Å². The Hall–Kier alpha value is -4.32. The molecule has 3 aliphatic heterocycles. The number of aromatic hydroxyl groups is 1. The van der Waals surface area contributed by atoms with Gasteiger partial charge in [-0.05, 0) is 41.0 Å². The zero-order valence-corrected chi connectivity index (χ0v) is 22.2. The Kier molecular flexibility index (Phi) is 6.49. The number of hydrogen-bond donors (Lipinski definition) is 1. The maximum Gasteiger partial charge on any atom is 0.310 e. The van der Waals surface area contributed by atoms with Crippen LogP contribution in [0.25, 0.3) is 0 Å². The molecule has 4 aliphatic rings. The average Bonchev–Trinajstić information content (AvgIpc) is 3.64. The fourth-order valence-corrected chi connectivity index (χ4v) is 6.05. The summed E-state index contributed by atoms with van der Waals surface area (Å²) in [6.45, 7) is 0.471. The molecule has 0 saturated carbocycles. The van der Waals surface area contributed by atoms with E-state index in [1.807, 2.05) is 12.1 Å². The van der Waals surface area contributed by atoms with Crippen molar-refractivity contribution in [3.8, 4) is 28.7 Å². The highest BCUT2D eigenvalue weighted by molar-refractivity contribution is 6.48. The molecule has 6 rings (SSSR count). The number of hydrogen-bond acceptors (Lipinski definition) is 11.